The highest BCUT2D eigenvalue weighted by Crippen LogP contribution is 2.22. The molecule has 1 N–H and O–H groups in total. The summed E-state index contributed by atoms with van der Waals surface area (Å²) in [6.07, 6.45) is 0. The predicted octanol–water partition coefficient (Wildman–Crippen LogP) is 3.66. The molecule has 0 unspecified atom stereocenters. The van der Waals surface area contributed by atoms with Gasteiger partial charge in [-0.15, -0.1) is 0 Å². The summed E-state index contributed by atoms with van der Waals surface area (Å²) in [7, 11) is 0. The molecule has 1 aromatic carbocycles. The average molecular weight is 349 g/mol. The van der Waals surface area contributed by atoms with Crippen LogP contribution in [0.15, 0.2) is 40.3 Å². The van der Waals surface area contributed by atoms with Crippen LogP contribution in [0.5, 0.6) is 0 Å². The number of hydrogen-bond donors (Lipinski definition) is 1. The van der Waals surface area contributed by atoms with Crippen LogP contribution in [0.1, 0.15) is 32.0 Å². The molecule has 5 nitrogen and oxygen atoms in total. The Bertz CT molecular complexity index is 893. The van der Waals surface area contributed by atoms with Crippen molar-refractivity contribution in [3.8, 4) is 0 Å². The van der Waals surface area contributed by atoms with Gasteiger partial charge in [-0.05, 0) is 17.7 Å². The van der Waals surface area contributed by atoms with Gasteiger partial charge in [0.1, 0.15) is 0 Å². The predicted molar refractivity (Wildman–Crippen MR) is 93.3 cm³/mol. The highest BCUT2D eigenvalue weighted by molar-refractivity contribution is 7.98. The first-order valence-electron chi connectivity index (χ1n) is 7.20. The topological polar surface area (TPSA) is 63.0 Å². The second-order valence-corrected chi connectivity index (χ2v) is 7.71. The lowest BCUT2D eigenvalue weighted by atomic mass is 9.92. The third kappa shape index (κ3) is 3.59. The zero-order valence-electron chi connectivity index (χ0n) is 13.1. The first kappa shape index (κ1) is 16.1. The van der Waals surface area contributed by atoms with Crippen molar-refractivity contribution >= 4 is 29.1 Å². The molecular weight excluding hydrogens is 332 g/mol. The quantitative estimate of drug-likeness (QED) is 0.734. The molecule has 0 aliphatic carbocycles. The first-order valence-corrected chi connectivity index (χ1v) is 8.57. The van der Waals surface area contributed by atoms with E-state index < -0.39 is 0 Å². The van der Waals surface area contributed by atoms with Gasteiger partial charge in [0, 0.05) is 22.3 Å². The molecule has 0 amide bonds. The Hall–Kier alpha value is -1.79. The van der Waals surface area contributed by atoms with Crippen LogP contribution in [0.4, 0.5) is 0 Å². The zero-order valence-corrected chi connectivity index (χ0v) is 14.7. The van der Waals surface area contributed by atoms with Crippen LogP contribution in [0.25, 0.3) is 5.78 Å². The van der Waals surface area contributed by atoms with Gasteiger partial charge in [-0.2, -0.15) is 9.50 Å². The third-order valence-electron chi connectivity index (χ3n) is 3.37. The van der Waals surface area contributed by atoms with E-state index in [1.165, 1.54) is 16.3 Å². The van der Waals surface area contributed by atoms with Crippen molar-refractivity contribution in [2.75, 3.05) is 0 Å². The Morgan fingerprint density at radius 3 is 2.57 bits per heavy atom. The summed E-state index contributed by atoms with van der Waals surface area (Å²) in [6, 6.07) is 9.22. The normalized spacial score (nSPS) is 12.0. The largest absolute Gasteiger partial charge is 0.274 e. The van der Waals surface area contributed by atoms with Crippen LogP contribution in [0.3, 0.4) is 0 Å². The first-order chi connectivity index (χ1) is 10.8. The number of nitrogens with zero attached hydrogens (tertiary/aromatic N) is 3. The van der Waals surface area contributed by atoms with Gasteiger partial charge in [0.15, 0.2) is 5.16 Å². The van der Waals surface area contributed by atoms with Gasteiger partial charge in [-0.1, -0.05) is 56.3 Å². The minimum absolute atomic E-state index is 0.147. The van der Waals surface area contributed by atoms with Crippen molar-refractivity contribution in [2.24, 2.45) is 0 Å². The van der Waals surface area contributed by atoms with Gasteiger partial charge in [0.2, 0.25) is 0 Å². The van der Waals surface area contributed by atoms with Crippen molar-refractivity contribution < 1.29 is 0 Å². The lowest BCUT2D eigenvalue weighted by Gasteiger charge is -2.16. The molecule has 0 fully saturated rings. The number of thioether (sulfide) groups is 1. The van der Waals surface area contributed by atoms with Gasteiger partial charge in [-0.25, -0.2) is 4.98 Å². The van der Waals surface area contributed by atoms with Gasteiger partial charge in [0.05, 0.1) is 5.69 Å². The van der Waals surface area contributed by atoms with Gasteiger partial charge >= 0.3 is 0 Å². The van der Waals surface area contributed by atoms with E-state index in [-0.39, 0.29) is 11.0 Å². The molecule has 0 spiro atoms. The summed E-state index contributed by atoms with van der Waals surface area (Å²) < 4.78 is 1.37. The molecule has 0 aliphatic rings. The summed E-state index contributed by atoms with van der Waals surface area (Å²) in [4.78, 5) is 21.1. The molecule has 120 valence electrons. The number of hydrogen-bond acceptors (Lipinski definition) is 4. The molecule has 3 aromatic rings. The molecule has 2 heterocycles. The van der Waals surface area contributed by atoms with E-state index in [9.17, 15) is 4.79 Å². The Morgan fingerprint density at radius 1 is 1.22 bits per heavy atom. The summed E-state index contributed by atoms with van der Waals surface area (Å²) in [5, 5.41) is 4.37. The number of rotatable bonds is 3. The van der Waals surface area contributed by atoms with E-state index in [2.05, 4.69) is 15.1 Å². The Balaban J connectivity index is 1.86. The van der Waals surface area contributed by atoms with Crippen molar-refractivity contribution in [1.29, 1.82) is 0 Å². The number of aromatic amines is 1. The molecule has 0 saturated heterocycles. The standard InChI is InChI=1S/C16H17ClN4OS/c1-16(2,3)12-8-13(22)21-14(18-12)19-15(20-21)23-9-10-4-6-11(17)7-5-10/h4-8H,9H2,1-3H3,(H,18,19,20). The van der Waals surface area contributed by atoms with Gasteiger partial charge in [0.25, 0.3) is 11.3 Å². The van der Waals surface area contributed by atoms with E-state index in [1.54, 1.807) is 6.07 Å². The summed E-state index contributed by atoms with van der Waals surface area (Å²) in [6.45, 7) is 6.07. The molecule has 0 saturated carbocycles. The lowest BCUT2D eigenvalue weighted by molar-refractivity contribution is 0.566. The number of aromatic nitrogens is 4. The fourth-order valence-corrected chi connectivity index (χ4v) is 2.97. The maximum atomic E-state index is 12.2. The molecule has 23 heavy (non-hydrogen) atoms. The van der Waals surface area contributed by atoms with Crippen LogP contribution in [-0.2, 0) is 11.2 Å². The lowest BCUT2D eigenvalue weighted by Crippen LogP contribution is -2.22. The van der Waals surface area contributed by atoms with Crippen LogP contribution < -0.4 is 5.56 Å². The zero-order chi connectivity index (χ0) is 16.6. The molecule has 0 atom stereocenters. The minimum Gasteiger partial charge on any atom is -0.267 e. The number of fused-ring (bicyclic) bond motifs is 1. The van der Waals surface area contributed by atoms with E-state index in [0.29, 0.717) is 16.0 Å². The second-order valence-electron chi connectivity index (χ2n) is 6.31. The molecule has 3 rings (SSSR count). The van der Waals surface area contributed by atoms with Crippen molar-refractivity contribution in [2.45, 2.75) is 37.1 Å². The third-order valence-corrected chi connectivity index (χ3v) is 4.55. The van der Waals surface area contributed by atoms with Crippen molar-refractivity contribution in [1.82, 2.24) is 19.6 Å². The maximum Gasteiger partial charge on any atom is 0.274 e. The number of benzene rings is 1. The number of halogens is 1. The fraction of sp³-hybridized carbons (Fsp3) is 0.312. The van der Waals surface area contributed by atoms with E-state index in [0.717, 1.165) is 17.0 Å². The highest BCUT2D eigenvalue weighted by Gasteiger charge is 2.18. The molecule has 0 bridgehead atoms. The molecule has 7 heteroatoms. The van der Waals surface area contributed by atoms with Gasteiger partial charge in [-0.3, -0.25) is 9.89 Å². The fourth-order valence-electron chi connectivity index (χ4n) is 2.04. The molecule has 0 radical (unpaired) electrons. The highest BCUT2D eigenvalue weighted by atomic mass is 35.5. The van der Waals surface area contributed by atoms with E-state index >= 15 is 0 Å². The summed E-state index contributed by atoms with van der Waals surface area (Å²) >= 11 is 7.40. The summed E-state index contributed by atoms with van der Waals surface area (Å²) in [5.74, 6) is 1.14. The van der Waals surface area contributed by atoms with Crippen LogP contribution in [0, 0.1) is 0 Å². The number of nitrogens with one attached hydrogen (secondary N) is 1. The number of H-pyrrole nitrogens is 1. The van der Waals surface area contributed by atoms with Crippen LogP contribution in [0.2, 0.25) is 5.02 Å². The maximum absolute atomic E-state index is 12.2. The summed E-state index contributed by atoms with van der Waals surface area (Å²) in [5.41, 5.74) is 1.54. The Kier molecular flexibility index (Phi) is 4.21. The van der Waals surface area contributed by atoms with Crippen molar-refractivity contribution in [3.05, 3.63) is 57.0 Å². The van der Waals surface area contributed by atoms with Gasteiger partial charge < -0.3 is 0 Å². The molecule has 0 aliphatic heterocycles. The molecule has 2 aromatic heterocycles. The average Bonchev–Trinajstić information content (AvgIpc) is 2.89. The van der Waals surface area contributed by atoms with E-state index in [1.807, 2.05) is 45.0 Å². The minimum atomic E-state index is -0.191. The van der Waals surface area contributed by atoms with E-state index in [4.69, 9.17) is 11.6 Å². The van der Waals surface area contributed by atoms with Crippen molar-refractivity contribution in [3.63, 3.8) is 0 Å². The smallest absolute Gasteiger partial charge is 0.267 e. The Labute approximate surface area is 143 Å². The second kappa shape index (κ2) is 6.02. The molecular formula is C16H17ClN4OS. The van der Waals surface area contributed by atoms with Crippen LogP contribution >= 0.6 is 23.4 Å². The monoisotopic (exact) mass is 348 g/mol. The SMILES string of the molecule is CC(C)(C)c1cc(=O)n2[nH]c(SCc3ccc(Cl)cc3)nc2n1. The van der Waals surface area contributed by atoms with Crippen LogP contribution in [-0.4, -0.2) is 19.6 Å². The Morgan fingerprint density at radius 2 is 1.91 bits per heavy atom.